The first kappa shape index (κ1) is 15.7. The maximum atomic E-state index is 11.8. The number of rotatable bonds is 7. The first-order valence-electron chi connectivity index (χ1n) is 8.03. The van der Waals surface area contributed by atoms with Crippen LogP contribution in [0.15, 0.2) is 27.3 Å². The summed E-state index contributed by atoms with van der Waals surface area (Å²) in [6, 6.07) is 3.36. The van der Waals surface area contributed by atoms with Crippen LogP contribution in [-0.4, -0.2) is 27.7 Å². The van der Waals surface area contributed by atoms with Gasteiger partial charge in [0.15, 0.2) is 5.82 Å². The van der Waals surface area contributed by atoms with Crippen molar-refractivity contribution in [1.82, 2.24) is 15.5 Å². The van der Waals surface area contributed by atoms with Crippen LogP contribution in [0.2, 0.25) is 0 Å². The lowest BCUT2D eigenvalue weighted by Crippen LogP contribution is -2.28. The highest BCUT2D eigenvalue weighted by Gasteiger charge is 2.22. The highest BCUT2D eigenvalue weighted by atomic mass is 16.5. The number of aliphatic hydroxyl groups excluding tert-OH is 1. The molecule has 7 nitrogen and oxygen atoms in total. The van der Waals surface area contributed by atoms with Crippen molar-refractivity contribution in [1.29, 1.82) is 0 Å². The third kappa shape index (κ3) is 4.19. The lowest BCUT2D eigenvalue weighted by atomic mass is 10.1. The highest BCUT2D eigenvalue weighted by molar-refractivity contribution is 5.76. The topological polar surface area (TPSA) is 101 Å². The molecule has 2 heterocycles. The fourth-order valence-electron chi connectivity index (χ4n) is 2.82. The molecule has 0 saturated heterocycles. The Hall–Kier alpha value is -2.15. The Morgan fingerprint density at radius 2 is 2.26 bits per heavy atom. The summed E-state index contributed by atoms with van der Waals surface area (Å²) < 4.78 is 10.3. The van der Waals surface area contributed by atoms with Crippen LogP contribution in [0, 0.1) is 0 Å². The third-order valence-electron chi connectivity index (χ3n) is 4.13. The monoisotopic (exact) mass is 319 g/mol. The Bertz CT molecular complexity index is 617. The van der Waals surface area contributed by atoms with Crippen molar-refractivity contribution in [2.45, 2.75) is 50.5 Å². The Kier molecular flexibility index (Phi) is 5.07. The SMILES string of the molecule is O=C(CCc1nc(C2CCCC2)no1)NCC(O)c1ccco1. The molecule has 0 spiro atoms. The number of amides is 1. The van der Waals surface area contributed by atoms with Gasteiger partial charge in [-0.25, -0.2) is 0 Å². The number of carbonyl (C=O) groups excluding carboxylic acids is 1. The lowest BCUT2D eigenvalue weighted by molar-refractivity contribution is -0.121. The number of nitrogens with zero attached hydrogens (tertiary/aromatic N) is 2. The molecule has 1 aliphatic carbocycles. The summed E-state index contributed by atoms with van der Waals surface area (Å²) in [6.07, 6.45) is 5.96. The maximum Gasteiger partial charge on any atom is 0.227 e. The molecule has 2 aromatic heterocycles. The number of furan rings is 1. The van der Waals surface area contributed by atoms with E-state index in [1.807, 2.05) is 0 Å². The number of aromatic nitrogens is 2. The van der Waals surface area contributed by atoms with Gasteiger partial charge in [0.2, 0.25) is 11.8 Å². The van der Waals surface area contributed by atoms with Gasteiger partial charge in [-0.15, -0.1) is 0 Å². The molecule has 23 heavy (non-hydrogen) atoms. The zero-order valence-corrected chi connectivity index (χ0v) is 12.9. The lowest BCUT2D eigenvalue weighted by Gasteiger charge is -2.08. The molecule has 7 heteroatoms. The minimum absolute atomic E-state index is 0.115. The molecular formula is C16H21N3O4. The van der Waals surface area contributed by atoms with Crippen LogP contribution in [0.5, 0.6) is 0 Å². The van der Waals surface area contributed by atoms with Gasteiger partial charge in [-0.2, -0.15) is 4.98 Å². The van der Waals surface area contributed by atoms with E-state index in [-0.39, 0.29) is 18.9 Å². The molecule has 1 saturated carbocycles. The molecule has 1 amide bonds. The van der Waals surface area contributed by atoms with Gasteiger partial charge in [0, 0.05) is 18.8 Å². The number of aryl methyl sites for hydroxylation is 1. The van der Waals surface area contributed by atoms with E-state index in [9.17, 15) is 9.90 Å². The molecule has 2 aromatic rings. The molecule has 1 atom stereocenters. The fraction of sp³-hybridized carbons (Fsp3) is 0.562. The largest absolute Gasteiger partial charge is 0.467 e. The molecule has 1 unspecified atom stereocenters. The molecule has 3 rings (SSSR count). The van der Waals surface area contributed by atoms with Crippen molar-refractivity contribution in [3.8, 4) is 0 Å². The molecule has 124 valence electrons. The molecule has 0 aromatic carbocycles. The van der Waals surface area contributed by atoms with E-state index < -0.39 is 6.10 Å². The van der Waals surface area contributed by atoms with Crippen molar-refractivity contribution in [2.75, 3.05) is 6.54 Å². The van der Waals surface area contributed by atoms with Crippen LogP contribution in [0.25, 0.3) is 0 Å². The average molecular weight is 319 g/mol. The quantitative estimate of drug-likeness (QED) is 0.810. The third-order valence-corrected chi connectivity index (χ3v) is 4.13. The smallest absolute Gasteiger partial charge is 0.227 e. The second kappa shape index (κ2) is 7.41. The van der Waals surface area contributed by atoms with E-state index in [1.54, 1.807) is 12.1 Å². The van der Waals surface area contributed by atoms with Crippen molar-refractivity contribution < 1.29 is 18.8 Å². The standard InChI is InChI=1S/C16H21N3O4/c20-12(13-6-3-9-22-13)10-17-14(21)7-8-15-18-16(19-23-15)11-4-1-2-5-11/h3,6,9,11-12,20H,1-2,4-5,7-8,10H2,(H,17,21). The van der Waals surface area contributed by atoms with Gasteiger partial charge in [-0.05, 0) is 25.0 Å². The summed E-state index contributed by atoms with van der Waals surface area (Å²) in [5, 5.41) is 16.5. The highest BCUT2D eigenvalue weighted by Crippen LogP contribution is 2.32. The zero-order valence-electron chi connectivity index (χ0n) is 12.9. The summed E-state index contributed by atoms with van der Waals surface area (Å²) in [5.41, 5.74) is 0. The number of aliphatic hydroxyl groups is 1. The predicted octanol–water partition coefficient (Wildman–Crippen LogP) is 2.10. The number of hydrogen-bond acceptors (Lipinski definition) is 6. The second-order valence-electron chi connectivity index (χ2n) is 5.86. The van der Waals surface area contributed by atoms with Gasteiger partial charge in [0.25, 0.3) is 0 Å². The zero-order chi connectivity index (χ0) is 16.1. The summed E-state index contributed by atoms with van der Waals surface area (Å²) in [4.78, 5) is 16.2. The van der Waals surface area contributed by atoms with Crippen molar-refractivity contribution >= 4 is 5.91 Å². The molecule has 2 N–H and O–H groups in total. The molecule has 0 aliphatic heterocycles. The Morgan fingerprint density at radius 3 is 3.00 bits per heavy atom. The van der Waals surface area contributed by atoms with Gasteiger partial charge >= 0.3 is 0 Å². The van der Waals surface area contributed by atoms with Crippen LogP contribution < -0.4 is 5.32 Å². The number of hydrogen-bond donors (Lipinski definition) is 2. The minimum atomic E-state index is -0.841. The Labute approximate surface area is 134 Å². The second-order valence-corrected chi connectivity index (χ2v) is 5.86. The first-order valence-corrected chi connectivity index (χ1v) is 8.03. The van der Waals surface area contributed by atoms with Crippen LogP contribution in [-0.2, 0) is 11.2 Å². The van der Waals surface area contributed by atoms with E-state index in [1.165, 1.54) is 19.1 Å². The van der Waals surface area contributed by atoms with E-state index in [2.05, 4.69) is 15.5 Å². The van der Waals surface area contributed by atoms with Gasteiger partial charge < -0.3 is 19.4 Å². The number of carbonyl (C=O) groups is 1. The van der Waals surface area contributed by atoms with Crippen LogP contribution in [0.4, 0.5) is 0 Å². The van der Waals surface area contributed by atoms with Crippen LogP contribution >= 0.6 is 0 Å². The van der Waals surface area contributed by atoms with Crippen LogP contribution in [0.3, 0.4) is 0 Å². The summed E-state index contributed by atoms with van der Waals surface area (Å²) in [6.45, 7) is 0.115. The molecule has 0 radical (unpaired) electrons. The van der Waals surface area contributed by atoms with E-state index in [0.29, 0.717) is 24.0 Å². The fourth-order valence-corrected chi connectivity index (χ4v) is 2.82. The Morgan fingerprint density at radius 1 is 1.43 bits per heavy atom. The summed E-state index contributed by atoms with van der Waals surface area (Å²) in [7, 11) is 0. The van der Waals surface area contributed by atoms with Gasteiger partial charge in [0.1, 0.15) is 11.9 Å². The van der Waals surface area contributed by atoms with Crippen molar-refractivity contribution in [3.63, 3.8) is 0 Å². The normalized spacial score (nSPS) is 16.6. The van der Waals surface area contributed by atoms with Crippen molar-refractivity contribution in [3.05, 3.63) is 35.9 Å². The summed E-state index contributed by atoms with van der Waals surface area (Å²) in [5.74, 6) is 1.93. The van der Waals surface area contributed by atoms with Gasteiger partial charge in [-0.3, -0.25) is 4.79 Å². The van der Waals surface area contributed by atoms with E-state index in [0.717, 1.165) is 18.7 Å². The van der Waals surface area contributed by atoms with Crippen LogP contribution in [0.1, 0.15) is 61.6 Å². The predicted molar refractivity (Wildman–Crippen MR) is 80.5 cm³/mol. The summed E-state index contributed by atoms with van der Waals surface area (Å²) >= 11 is 0. The molecule has 1 aliphatic rings. The van der Waals surface area contributed by atoms with Gasteiger partial charge in [0.05, 0.1) is 12.8 Å². The molecule has 1 fully saturated rings. The Balaban J connectivity index is 1.40. The van der Waals surface area contributed by atoms with Crippen molar-refractivity contribution in [2.24, 2.45) is 0 Å². The minimum Gasteiger partial charge on any atom is -0.467 e. The average Bonchev–Trinajstić information content (AvgIpc) is 3.32. The van der Waals surface area contributed by atoms with Gasteiger partial charge in [-0.1, -0.05) is 18.0 Å². The molecule has 0 bridgehead atoms. The molecular weight excluding hydrogens is 298 g/mol. The van der Waals surface area contributed by atoms with E-state index in [4.69, 9.17) is 8.94 Å². The first-order chi connectivity index (χ1) is 11.2. The number of nitrogens with one attached hydrogen (secondary N) is 1. The van der Waals surface area contributed by atoms with E-state index >= 15 is 0 Å². The maximum absolute atomic E-state index is 11.8.